The van der Waals surface area contributed by atoms with E-state index in [0.717, 1.165) is 25.7 Å². The van der Waals surface area contributed by atoms with Gasteiger partial charge in [-0.2, -0.15) is 0 Å². The normalized spacial score (nSPS) is 16.9. The van der Waals surface area contributed by atoms with Crippen LogP contribution in [-0.4, -0.2) is 52.9 Å². The van der Waals surface area contributed by atoms with Gasteiger partial charge in [0.1, 0.15) is 5.69 Å². The molecule has 1 saturated heterocycles. The molecule has 1 aliphatic heterocycles. The van der Waals surface area contributed by atoms with Crippen LogP contribution in [0.15, 0.2) is 30.3 Å². The Hall–Kier alpha value is -3.09. The van der Waals surface area contributed by atoms with Crippen molar-refractivity contribution in [3.63, 3.8) is 0 Å². The Labute approximate surface area is 202 Å². The Balaban J connectivity index is 1.60. The highest BCUT2D eigenvalue weighted by molar-refractivity contribution is 6.00. The van der Waals surface area contributed by atoms with Crippen LogP contribution in [0.5, 0.6) is 0 Å². The van der Waals surface area contributed by atoms with E-state index in [1.54, 1.807) is 32.6 Å². The second kappa shape index (κ2) is 11.4. The summed E-state index contributed by atoms with van der Waals surface area (Å²) in [7, 11) is 0. The number of hydrogen-bond donors (Lipinski definition) is 2. The Morgan fingerprint density at radius 3 is 2.53 bits per heavy atom. The second-order valence-electron chi connectivity index (χ2n) is 9.60. The fourth-order valence-corrected chi connectivity index (χ4v) is 4.54. The third-order valence-electron chi connectivity index (χ3n) is 6.38. The van der Waals surface area contributed by atoms with Gasteiger partial charge in [-0.3, -0.25) is 9.59 Å². The largest absolute Gasteiger partial charge is 0.459 e. The number of amides is 2. The number of benzene rings is 1. The number of rotatable bonds is 8. The first kappa shape index (κ1) is 25.5. The number of aromatic amines is 1. The number of nitrogens with one attached hydrogen (secondary N) is 2. The molecular formula is C27H37N3O4. The van der Waals surface area contributed by atoms with Gasteiger partial charge in [-0.15, -0.1) is 0 Å². The van der Waals surface area contributed by atoms with Crippen LogP contribution in [0.25, 0.3) is 0 Å². The lowest BCUT2D eigenvalue weighted by Crippen LogP contribution is -2.47. The molecule has 2 N–H and O–H groups in total. The fraction of sp³-hybridized carbons (Fsp3) is 0.519. The van der Waals surface area contributed by atoms with E-state index in [9.17, 15) is 14.4 Å². The van der Waals surface area contributed by atoms with Crippen LogP contribution >= 0.6 is 0 Å². The lowest BCUT2D eigenvalue weighted by atomic mass is 9.96. The SMILES string of the molecule is Cc1[nH]c(C(=O)N2CCCC(C(=O)NC(C)CCc3ccccc3)C2)c(C)c1C(=O)OC(C)C. The molecule has 34 heavy (non-hydrogen) atoms. The highest BCUT2D eigenvalue weighted by atomic mass is 16.5. The summed E-state index contributed by atoms with van der Waals surface area (Å²) in [4.78, 5) is 43.5. The summed E-state index contributed by atoms with van der Waals surface area (Å²) < 4.78 is 5.33. The zero-order valence-electron chi connectivity index (χ0n) is 20.9. The summed E-state index contributed by atoms with van der Waals surface area (Å²) in [5, 5.41) is 3.13. The molecule has 2 amide bonds. The summed E-state index contributed by atoms with van der Waals surface area (Å²) >= 11 is 0. The molecule has 1 aromatic heterocycles. The van der Waals surface area contributed by atoms with E-state index in [1.807, 2.05) is 25.1 Å². The first-order chi connectivity index (χ1) is 16.2. The maximum Gasteiger partial charge on any atom is 0.340 e. The third kappa shape index (κ3) is 6.27. The van der Waals surface area contributed by atoms with Crippen molar-refractivity contribution in [1.82, 2.24) is 15.2 Å². The smallest absolute Gasteiger partial charge is 0.340 e. The average molecular weight is 468 g/mol. The van der Waals surface area contributed by atoms with E-state index in [1.165, 1.54) is 5.56 Å². The molecule has 3 rings (SSSR count). The Kier molecular flexibility index (Phi) is 8.53. The highest BCUT2D eigenvalue weighted by Crippen LogP contribution is 2.24. The van der Waals surface area contributed by atoms with Gasteiger partial charge in [-0.05, 0) is 71.4 Å². The van der Waals surface area contributed by atoms with Gasteiger partial charge in [-0.25, -0.2) is 4.79 Å². The van der Waals surface area contributed by atoms with Crippen LogP contribution in [0.2, 0.25) is 0 Å². The summed E-state index contributed by atoms with van der Waals surface area (Å²) in [6.45, 7) is 10.1. The van der Waals surface area contributed by atoms with E-state index in [2.05, 4.69) is 22.4 Å². The van der Waals surface area contributed by atoms with Crippen molar-refractivity contribution in [3.8, 4) is 0 Å². The molecule has 184 valence electrons. The van der Waals surface area contributed by atoms with Gasteiger partial charge in [0.05, 0.1) is 17.6 Å². The van der Waals surface area contributed by atoms with Crippen molar-refractivity contribution in [2.75, 3.05) is 13.1 Å². The predicted octanol–water partition coefficient (Wildman–Crippen LogP) is 4.19. The van der Waals surface area contributed by atoms with Gasteiger partial charge < -0.3 is 19.9 Å². The lowest BCUT2D eigenvalue weighted by molar-refractivity contribution is -0.127. The second-order valence-corrected chi connectivity index (χ2v) is 9.60. The molecular weight excluding hydrogens is 430 g/mol. The first-order valence-corrected chi connectivity index (χ1v) is 12.2. The summed E-state index contributed by atoms with van der Waals surface area (Å²) in [5.74, 6) is -0.850. The number of piperidine rings is 1. The van der Waals surface area contributed by atoms with E-state index in [-0.39, 0.29) is 29.9 Å². The quantitative estimate of drug-likeness (QED) is 0.570. The van der Waals surface area contributed by atoms with Gasteiger partial charge in [0.2, 0.25) is 5.91 Å². The number of carbonyl (C=O) groups is 3. The minimum absolute atomic E-state index is 0.00125. The molecule has 0 spiro atoms. The molecule has 2 atom stereocenters. The maximum atomic E-state index is 13.3. The molecule has 1 aromatic carbocycles. The minimum atomic E-state index is -0.430. The molecule has 7 nitrogen and oxygen atoms in total. The molecule has 0 radical (unpaired) electrons. The summed E-state index contributed by atoms with van der Waals surface area (Å²) in [5.41, 5.74) is 3.27. The van der Waals surface area contributed by atoms with E-state index in [4.69, 9.17) is 4.74 Å². The number of aryl methyl sites for hydroxylation is 2. The topological polar surface area (TPSA) is 91.5 Å². The van der Waals surface area contributed by atoms with Crippen molar-refractivity contribution in [2.24, 2.45) is 5.92 Å². The van der Waals surface area contributed by atoms with Crippen LogP contribution in [0.3, 0.4) is 0 Å². The van der Waals surface area contributed by atoms with E-state index < -0.39 is 5.97 Å². The molecule has 1 aliphatic rings. The Bertz CT molecular complexity index is 1010. The standard InChI is InChI=1S/C27H37N3O4/c1-17(2)34-27(33)23-19(4)24(29-20(23)5)26(32)30-15-9-12-22(16-30)25(31)28-18(3)13-14-21-10-7-6-8-11-21/h6-8,10-11,17-18,22,29H,9,12-16H2,1-5H3,(H,28,31). The molecule has 0 bridgehead atoms. The number of carbonyl (C=O) groups excluding carboxylic acids is 3. The number of nitrogens with zero attached hydrogens (tertiary/aromatic N) is 1. The Morgan fingerprint density at radius 1 is 1.15 bits per heavy atom. The van der Waals surface area contributed by atoms with Crippen LogP contribution in [0.4, 0.5) is 0 Å². The van der Waals surface area contributed by atoms with Crippen molar-refractivity contribution in [1.29, 1.82) is 0 Å². The zero-order valence-corrected chi connectivity index (χ0v) is 20.9. The van der Waals surface area contributed by atoms with E-state index in [0.29, 0.717) is 35.6 Å². The number of H-pyrrole nitrogens is 1. The van der Waals surface area contributed by atoms with Gasteiger partial charge in [-0.1, -0.05) is 30.3 Å². The van der Waals surface area contributed by atoms with Gasteiger partial charge in [0.25, 0.3) is 5.91 Å². The minimum Gasteiger partial charge on any atom is -0.459 e. The van der Waals surface area contributed by atoms with Crippen LogP contribution in [0, 0.1) is 19.8 Å². The van der Waals surface area contributed by atoms with Crippen LogP contribution < -0.4 is 5.32 Å². The third-order valence-corrected chi connectivity index (χ3v) is 6.38. The molecule has 2 aromatic rings. The molecule has 7 heteroatoms. The molecule has 0 saturated carbocycles. The number of hydrogen-bond acceptors (Lipinski definition) is 4. The monoisotopic (exact) mass is 467 g/mol. The highest BCUT2D eigenvalue weighted by Gasteiger charge is 2.32. The number of esters is 1. The van der Waals surface area contributed by atoms with Gasteiger partial charge >= 0.3 is 5.97 Å². The molecule has 1 fully saturated rings. The summed E-state index contributed by atoms with van der Waals surface area (Å²) in [6.07, 6.45) is 3.06. The van der Waals surface area contributed by atoms with Crippen LogP contribution in [-0.2, 0) is 16.0 Å². The maximum absolute atomic E-state index is 13.3. The zero-order chi connectivity index (χ0) is 24.8. The summed E-state index contributed by atoms with van der Waals surface area (Å²) in [6, 6.07) is 10.3. The Morgan fingerprint density at radius 2 is 1.85 bits per heavy atom. The molecule has 2 unspecified atom stereocenters. The average Bonchev–Trinajstić information content (AvgIpc) is 3.11. The van der Waals surface area contributed by atoms with Crippen LogP contribution in [0.1, 0.15) is 77.7 Å². The number of likely N-dealkylation sites (tertiary alicyclic amines) is 1. The van der Waals surface area contributed by atoms with Gasteiger partial charge in [0.15, 0.2) is 0 Å². The fourth-order valence-electron chi connectivity index (χ4n) is 4.54. The number of ether oxygens (including phenoxy) is 1. The van der Waals surface area contributed by atoms with Crippen molar-refractivity contribution in [2.45, 2.75) is 72.4 Å². The molecule has 0 aliphatic carbocycles. The van der Waals surface area contributed by atoms with E-state index >= 15 is 0 Å². The first-order valence-electron chi connectivity index (χ1n) is 12.2. The number of aromatic nitrogens is 1. The van der Waals surface area contributed by atoms with Crippen molar-refractivity contribution < 1.29 is 19.1 Å². The predicted molar refractivity (Wildman–Crippen MR) is 132 cm³/mol. The lowest BCUT2D eigenvalue weighted by Gasteiger charge is -2.32. The van der Waals surface area contributed by atoms with Crippen molar-refractivity contribution >= 4 is 17.8 Å². The van der Waals surface area contributed by atoms with Crippen molar-refractivity contribution in [3.05, 3.63) is 58.4 Å². The van der Waals surface area contributed by atoms with Gasteiger partial charge in [0, 0.05) is 24.8 Å². The molecule has 2 heterocycles.